The first-order valence-electron chi connectivity index (χ1n) is 8.65. The zero-order valence-electron chi connectivity index (χ0n) is 13.4. The average Bonchev–Trinajstić information content (AvgIpc) is 2.85. The molecule has 1 radical (unpaired) electrons. The molecule has 1 aromatic carbocycles. The third kappa shape index (κ3) is 3.52. The number of carbonyl (C=O) groups excluding carboxylic acids is 1. The van der Waals surface area contributed by atoms with Crippen molar-refractivity contribution in [2.45, 2.75) is 70.1 Å². The summed E-state index contributed by atoms with van der Waals surface area (Å²) < 4.78 is 6.05. The van der Waals surface area contributed by atoms with Gasteiger partial charge in [0, 0.05) is 6.42 Å². The molecule has 3 atom stereocenters. The monoisotopic (exact) mass is 300 g/mol. The minimum Gasteiger partial charge on any atom is -0.475 e. The molecular weight excluding hydrogens is 274 g/mol. The number of benzene rings is 1. The van der Waals surface area contributed by atoms with Crippen molar-refractivity contribution in [3.63, 3.8) is 0 Å². The van der Waals surface area contributed by atoms with E-state index in [0.717, 1.165) is 37.9 Å². The minimum atomic E-state index is -0.451. The summed E-state index contributed by atoms with van der Waals surface area (Å²) in [5.74, 6) is 1.49. The first-order valence-corrected chi connectivity index (χ1v) is 8.65. The highest BCUT2D eigenvalue weighted by Crippen LogP contribution is 2.40. The Morgan fingerprint density at radius 3 is 2.86 bits per heavy atom. The first-order chi connectivity index (χ1) is 10.7. The van der Waals surface area contributed by atoms with Crippen molar-refractivity contribution in [1.29, 1.82) is 0 Å². The van der Waals surface area contributed by atoms with E-state index in [4.69, 9.17) is 4.74 Å². The molecule has 2 fully saturated rings. The van der Waals surface area contributed by atoms with Gasteiger partial charge >= 0.3 is 0 Å². The number of rotatable bonds is 7. The maximum atomic E-state index is 11.3. The van der Waals surface area contributed by atoms with Gasteiger partial charge < -0.3 is 4.74 Å². The Morgan fingerprint density at radius 1 is 1.32 bits per heavy atom. The smallest absolute Gasteiger partial charge is 0.220 e. The van der Waals surface area contributed by atoms with Crippen molar-refractivity contribution in [3.8, 4) is 5.75 Å². The lowest BCUT2D eigenvalue weighted by Gasteiger charge is -2.35. The molecule has 0 aromatic heterocycles. The lowest BCUT2D eigenvalue weighted by Crippen LogP contribution is -2.55. The lowest BCUT2D eigenvalue weighted by atomic mass is 9.91. The SMILES string of the molecule is CCCCCc1ccc(OC2CC3CCC([C]=O)(C3)N2)cc1. The van der Waals surface area contributed by atoms with Crippen molar-refractivity contribution in [1.82, 2.24) is 5.32 Å². The van der Waals surface area contributed by atoms with Crippen molar-refractivity contribution in [2.24, 2.45) is 5.92 Å². The summed E-state index contributed by atoms with van der Waals surface area (Å²) in [6, 6.07) is 8.42. The van der Waals surface area contributed by atoms with Crippen LogP contribution in [0.5, 0.6) is 5.75 Å². The van der Waals surface area contributed by atoms with Gasteiger partial charge in [0.25, 0.3) is 0 Å². The number of ether oxygens (including phenoxy) is 1. The topological polar surface area (TPSA) is 38.3 Å². The number of aryl methyl sites for hydroxylation is 1. The molecule has 1 N–H and O–H groups in total. The van der Waals surface area contributed by atoms with Gasteiger partial charge in [-0.2, -0.15) is 0 Å². The Morgan fingerprint density at radius 2 is 2.14 bits per heavy atom. The molecule has 3 nitrogen and oxygen atoms in total. The number of nitrogens with one attached hydrogen (secondary N) is 1. The second-order valence-corrected chi connectivity index (χ2v) is 6.88. The van der Waals surface area contributed by atoms with E-state index in [0.29, 0.717) is 5.92 Å². The number of piperidine rings is 1. The Kier molecular flexibility index (Phi) is 4.82. The fourth-order valence-electron chi connectivity index (χ4n) is 3.83. The molecule has 1 saturated carbocycles. The molecule has 3 unspecified atom stereocenters. The molecule has 119 valence electrons. The van der Waals surface area contributed by atoms with Crippen LogP contribution in [0.4, 0.5) is 0 Å². The molecule has 1 heterocycles. The molecule has 0 spiro atoms. The van der Waals surface area contributed by atoms with Crippen molar-refractivity contribution >= 4 is 6.29 Å². The van der Waals surface area contributed by atoms with E-state index < -0.39 is 5.54 Å². The van der Waals surface area contributed by atoms with E-state index in [9.17, 15) is 4.79 Å². The predicted molar refractivity (Wildman–Crippen MR) is 87.6 cm³/mol. The van der Waals surface area contributed by atoms with Gasteiger partial charge in [0.2, 0.25) is 6.29 Å². The minimum absolute atomic E-state index is 0.0614. The Labute approximate surface area is 133 Å². The Hall–Kier alpha value is -1.35. The van der Waals surface area contributed by atoms with Gasteiger partial charge in [-0.25, -0.2) is 0 Å². The van der Waals surface area contributed by atoms with E-state index in [1.807, 2.05) is 0 Å². The molecular formula is C19H26NO2. The first kappa shape index (κ1) is 15.5. The van der Waals surface area contributed by atoms with E-state index in [2.05, 4.69) is 42.8 Å². The fraction of sp³-hybridized carbons (Fsp3) is 0.632. The highest BCUT2D eigenvalue weighted by Gasteiger charge is 2.46. The van der Waals surface area contributed by atoms with E-state index >= 15 is 0 Å². The van der Waals surface area contributed by atoms with Crippen LogP contribution < -0.4 is 10.1 Å². The van der Waals surface area contributed by atoms with Crippen molar-refractivity contribution in [3.05, 3.63) is 29.8 Å². The van der Waals surface area contributed by atoms with Crippen molar-refractivity contribution < 1.29 is 9.53 Å². The van der Waals surface area contributed by atoms with Gasteiger partial charge in [-0.3, -0.25) is 10.1 Å². The summed E-state index contributed by atoms with van der Waals surface area (Å²) in [5.41, 5.74) is 0.920. The third-order valence-electron chi connectivity index (χ3n) is 5.07. The molecule has 2 aliphatic rings. The fourth-order valence-corrected chi connectivity index (χ4v) is 3.83. The summed E-state index contributed by atoms with van der Waals surface area (Å²) >= 11 is 0. The summed E-state index contributed by atoms with van der Waals surface area (Å²) in [5, 5.41) is 3.37. The third-order valence-corrected chi connectivity index (χ3v) is 5.07. The zero-order chi connectivity index (χ0) is 15.4. The molecule has 1 aliphatic heterocycles. The number of unbranched alkanes of at least 4 members (excludes halogenated alkanes) is 2. The number of fused-ring (bicyclic) bond motifs is 2. The van der Waals surface area contributed by atoms with Gasteiger partial charge in [0.15, 0.2) is 6.23 Å². The molecule has 1 aromatic rings. The van der Waals surface area contributed by atoms with E-state index in [1.165, 1.54) is 24.8 Å². The number of hydrogen-bond acceptors (Lipinski definition) is 3. The molecule has 1 aliphatic carbocycles. The second-order valence-electron chi connectivity index (χ2n) is 6.88. The normalized spacial score (nSPS) is 30.2. The van der Waals surface area contributed by atoms with Crippen molar-refractivity contribution in [2.75, 3.05) is 0 Å². The van der Waals surface area contributed by atoms with E-state index in [-0.39, 0.29) is 6.23 Å². The predicted octanol–water partition coefficient (Wildman–Crippen LogP) is 3.77. The molecule has 2 bridgehead atoms. The summed E-state index contributed by atoms with van der Waals surface area (Å²) in [4.78, 5) is 11.3. The van der Waals surface area contributed by atoms with E-state index in [1.54, 1.807) is 0 Å². The number of hydrogen-bond donors (Lipinski definition) is 1. The van der Waals surface area contributed by atoms with Crippen LogP contribution in [0.2, 0.25) is 0 Å². The quantitative estimate of drug-likeness (QED) is 0.779. The molecule has 1 saturated heterocycles. The molecule has 3 heteroatoms. The van der Waals surface area contributed by atoms with Crippen LogP contribution >= 0.6 is 0 Å². The summed E-state index contributed by atoms with van der Waals surface area (Å²) in [6.45, 7) is 2.23. The maximum Gasteiger partial charge on any atom is 0.220 e. The second kappa shape index (κ2) is 6.82. The van der Waals surface area contributed by atoms with Crippen LogP contribution in [-0.2, 0) is 11.2 Å². The highest BCUT2D eigenvalue weighted by molar-refractivity contribution is 5.66. The van der Waals surface area contributed by atoms with Crippen LogP contribution in [-0.4, -0.2) is 18.1 Å². The van der Waals surface area contributed by atoms with Gasteiger partial charge in [-0.15, -0.1) is 0 Å². The molecule has 0 amide bonds. The average molecular weight is 300 g/mol. The van der Waals surface area contributed by atoms with Crippen LogP contribution in [0.1, 0.15) is 57.4 Å². The molecule has 22 heavy (non-hydrogen) atoms. The standard InChI is InChI=1S/C19H26NO2/c1-2-3-4-5-15-6-8-17(9-7-15)22-18-12-16-10-11-19(13-16,14-21)20-18/h6-9,16,18,20H,2-5,10-13H2,1H3. The Bertz CT molecular complexity index is 499. The van der Waals surface area contributed by atoms with Crippen LogP contribution in [0.3, 0.4) is 0 Å². The zero-order valence-corrected chi connectivity index (χ0v) is 13.4. The van der Waals surface area contributed by atoms with Gasteiger partial charge in [0.1, 0.15) is 5.75 Å². The Balaban J connectivity index is 1.56. The maximum absolute atomic E-state index is 11.3. The largest absolute Gasteiger partial charge is 0.475 e. The van der Waals surface area contributed by atoms with Crippen LogP contribution in [0.15, 0.2) is 24.3 Å². The van der Waals surface area contributed by atoms with Gasteiger partial charge in [-0.1, -0.05) is 31.9 Å². The van der Waals surface area contributed by atoms with Crippen LogP contribution in [0, 0.1) is 5.92 Å². The summed E-state index contributed by atoms with van der Waals surface area (Å²) in [6.07, 6.45) is 11.0. The van der Waals surface area contributed by atoms with Gasteiger partial charge in [0.05, 0.1) is 5.54 Å². The van der Waals surface area contributed by atoms with Crippen LogP contribution in [0.25, 0.3) is 0 Å². The summed E-state index contributed by atoms with van der Waals surface area (Å²) in [7, 11) is 0. The highest BCUT2D eigenvalue weighted by atomic mass is 16.5. The molecule has 3 rings (SSSR count). The lowest BCUT2D eigenvalue weighted by molar-refractivity contribution is 0.0870. The van der Waals surface area contributed by atoms with Gasteiger partial charge in [-0.05, 0) is 55.7 Å².